The van der Waals surface area contributed by atoms with Crippen LogP contribution in [0.4, 0.5) is 16.2 Å². The second kappa shape index (κ2) is 8.56. The third-order valence-corrected chi connectivity index (χ3v) is 5.10. The number of nitrogens with one attached hydrogen (secondary N) is 2. The Labute approximate surface area is 151 Å². The average Bonchev–Trinajstić information content (AvgIpc) is 2.85. The van der Waals surface area contributed by atoms with Gasteiger partial charge in [0.05, 0.1) is 12.2 Å². The van der Waals surface area contributed by atoms with Crippen LogP contribution >= 0.6 is 0 Å². The van der Waals surface area contributed by atoms with Crippen LogP contribution in [0.1, 0.15) is 52.4 Å². The van der Waals surface area contributed by atoms with Gasteiger partial charge in [-0.25, -0.2) is 4.79 Å². The predicted molar refractivity (Wildman–Crippen MR) is 102 cm³/mol. The first kappa shape index (κ1) is 18.1. The molecule has 1 aromatic rings. The van der Waals surface area contributed by atoms with Gasteiger partial charge in [-0.1, -0.05) is 12.8 Å². The van der Waals surface area contributed by atoms with Crippen LogP contribution in [0.15, 0.2) is 24.3 Å². The standard InChI is InChI=1S/C20H31N3O2/c1-15-13-19(14-16(2)25-15)21-17-7-9-18(10-8-17)22-20(24)23-11-5-3-4-6-12-23/h7-10,15-16,19,21H,3-6,11-14H2,1-2H3,(H,22,24)/t15-,16-/m0/s1. The van der Waals surface area contributed by atoms with Crippen molar-refractivity contribution >= 4 is 17.4 Å². The lowest BCUT2D eigenvalue weighted by Crippen LogP contribution is -2.36. The summed E-state index contributed by atoms with van der Waals surface area (Å²) in [7, 11) is 0. The zero-order chi connectivity index (χ0) is 17.6. The molecule has 0 unspecified atom stereocenters. The van der Waals surface area contributed by atoms with Gasteiger partial charge in [0.1, 0.15) is 0 Å². The molecule has 2 aliphatic rings. The number of urea groups is 1. The summed E-state index contributed by atoms with van der Waals surface area (Å²) in [4.78, 5) is 14.3. The summed E-state index contributed by atoms with van der Waals surface area (Å²) < 4.78 is 5.79. The number of likely N-dealkylation sites (tertiary alicyclic amines) is 1. The van der Waals surface area contributed by atoms with Crippen LogP contribution in [0.3, 0.4) is 0 Å². The summed E-state index contributed by atoms with van der Waals surface area (Å²) in [6, 6.07) is 8.51. The van der Waals surface area contributed by atoms with E-state index in [1.165, 1.54) is 12.8 Å². The molecule has 0 radical (unpaired) electrons. The van der Waals surface area contributed by atoms with Gasteiger partial charge in [0.25, 0.3) is 0 Å². The average molecular weight is 345 g/mol. The third-order valence-electron chi connectivity index (χ3n) is 5.10. The Morgan fingerprint density at radius 1 is 0.960 bits per heavy atom. The first-order valence-corrected chi connectivity index (χ1v) is 9.68. The summed E-state index contributed by atoms with van der Waals surface area (Å²) in [5, 5.41) is 6.61. The summed E-state index contributed by atoms with van der Waals surface area (Å²) in [5.74, 6) is 0. The van der Waals surface area contributed by atoms with E-state index in [4.69, 9.17) is 4.74 Å². The number of nitrogens with zero attached hydrogens (tertiary/aromatic N) is 1. The van der Waals surface area contributed by atoms with Crippen molar-refractivity contribution in [3.8, 4) is 0 Å². The minimum atomic E-state index is 0.0229. The molecule has 0 spiro atoms. The van der Waals surface area contributed by atoms with Gasteiger partial charge in [-0.3, -0.25) is 0 Å². The van der Waals surface area contributed by atoms with Gasteiger partial charge in [-0.05, 0) is 63.8 Å². The molecule has 0 saturated carbocycles. The van der Waals surface area contributed by atoms with Gasteiger partial charge in [0, 0.05) is 30.5 Å². The van der Waals surface area contributed by atoms with E-state index in [0.29, 0.717) is 18.2 Å². The summed E-state index contributed by atoms with van der Waals surface area (Å²) in [5.41, 5.74) is 1.95. The Bertz CT molecular complexity index is 543. The number of carbonyl (C=O) groups is 1. The molecule has 0 aromatic heterocycles. The van der Waals surface area contributed by atoms with Gasteiger partial charge < -0.3 is 20.3 Å². The zero-order valence-corrected chi connectivity index (χ0v) is 15.5. The Hall–Kier alpha value is -1.75. The molecule has 25 heavy (non-hydrogen) atoms. The monoisotopic (exact) mass is 345 g/mol. The molecule has 1 aromatic carbocycles. The predicted octanol–water partition coefficient (Wildman–Crippen LogP) is 4.46. The number of hydrogen-bond donors (Lipinski definition) is 2. The van der Waals surface area contributed by atoms with E-state index >= 15 is 0 Å². The lowest BCUT2D eigenvalue weighted by molar-refractivity contribution is -0.0337. The van der Waals surface area contributed by atoms with Crippen molar-refractivity contribution in [2.45, 2.75) is 70.6 Å². The highest BCUT2D eigenvalue weighted by Gasteiger charge is 2.24. The van der Waals surface area contributed by atoms with E-state index in [9.17, 15) is 4.79 Å². The normalized spacial score (nSPS) is 27.4. The molecule has 2 N–H and O–H groups in total. The summed E-state index contributed by atoms with van der Waals surface area (Å²) in [6.07, 6.45) is 7.33. The SMILES string of the molecule is C[C@H]1CC(Nc2ccc(NC(=O)N3CCCCCC3)cc2)C[C@H](C)O1. The van der Waals surface area contributed by atoms with Crippen molar-refractivity contribution in [2.75, 3.05) is 23.7 Å². The maximum atomic E-state index is 12.4. The second-order valence-electron chi connectivity index (χ2n) is 7.48. The molecule has 2 aliphatic heterocycles. The van der Waals surface area contributed by atoms with E-state index < -0.39 is 0 Å². The van der Waals surface area contributed by atoms with Crippen molar-refractivity contribution in [1.29, 1.82) is 0 Å². The van der Waals surface area contributed by atoms with Crippen molar-refractivity contribution in [3.05, 3.63) is 24.3 Å². The molecule has 2 amide bonds. The molecule has 5 nitrogen and oxygen atoms in total. The van der Waals surface area contributed by atoms with Gasteiger partial charge in [0.15, 0.2) is 0 Å². The van der Waals surface area contributed by atoms with Gasteiger partial charge in [0.2, 0.25) is 0 Å². The van der Waals surface area contributed by atoms with Gasteiger partial charge in [-0.2, -0.15) is 0 Å². The molecule has 2 atom stereocenters. The van der Waals surface area contributed by atoms with Crippen molar-refractivity contribution < 1.29 is 9.53 Å². The van der Waals surface area contributed by atoms with Crippen LogP contribution in [-0.4, -0.2) is 42.3 Å². The smallest absolute Gasteiger partial charge is 0.321 e. The Morgan fingerprint density at radius 2 is 1.52 bits per heavy atom. The van der Waals surface area contributed by atoms with E-state index in [0.717, 1.165) is 50.1 Å². The van der Waals surface area contributed by atoms with Crippen LogP contribution < -0.4 is 10.6 Å². The van der Waals surface area contributed by atoms with Crippen LogP contribution in [-0.2, 0) is 4.74 Å². The first-order valence-electron chi connectivity index (χ1n) is 9.68. The van der Waals surface area contributed by atoms with Gasteiger partial charge >= 0.3 is 6.03 Å². The van der Waals surface area contributed by atoms with Crippen LogP contribution in [0, 0.1) is 0 Å². The Morgan fingerprint density at radius 3 is 2.12 bits per heavy atom. The highest BCUT2D eigenvalue weighted by Crippen LogP contribution is 2.23. The van der Waals surface area contributed by atoms with Crippen LogP contribution in [0.2, 0.25) is 0 Å². The summed E-state index contributed by atoms with van der Waals surface area (Å²) in [6.45, 7) is 5.99. The quantitative estimate of drug-likeness (QED) is 0.850. The van der Waals surface area contributed by atoms with E-state index in [2.05, 4.69) is 24.5 Å². The molecule has 0 aliphatic carbocycles. The second-order valence-corrected chi connectivity index (χ2v) is 7.48. The molecule has 5 heteroatoms. The Kier molecular flexibility index (Phi) is 6.19. The third kappa shape index (κ3) is 5.36. The molecular formula is C20H31N3O2. The zero-order valence-electron chi connectivity index (χ0n) is 15.5. The van der Waals surface area contributed by atoms with Crippen molar-refractivity contribution in [2.24, 2.45) is 0 Å². The fourth-order valence-electron chi connectivity index (χ4n) is 3.88. The molecule has 3 rings (SSSR count). The number of hydrogen-bond acceptors (Lipinski definition) is 3. The number of rotatable bonds is 3. The fraction of sp³-hybridized carbons (Fsp3) is 0.650. The molecule has 2 saturated heterocycles. The molecule has 2 fully saturated rings. The topological polar surface area (TPSA) is 53.6 Å². The largest absolute Gasteiger partial charge is 0.382 e. The van der Waals surface area contributed by atoms with Crippen molar-refractivity contribution in [3.63, 3.8) is 0 Å². The number of ether oxygens (including phenoxy) is 1. The van der Waals surface area contributed by atoms with E-state index in [1.54, 1.807) is 0 Å². The molecular weight excluding hydrogens is 314 g/mol. The first-order chi connectivity index (χ1) is 12.1. The maximum absolute atomic E-state index is 12.4. The van der Waals surface area contributed by atoms with Gasteiger partial charge in [-0.15, -0.1) is 0 Å². The van der Waals surface area contributed by atoms with Crippen molar-refractivity contribution in [1.82, 2.24) is 4.90 Å². The minimum Gasteiger partial charge on any atom is -0.382 e. The lowest BCUT2D eigenvalue weighted by Gasteiger charge is -2.33. The minimum absolute atomic E-state index is 0.0229. The lowest BCUT2D eigenvalue weighted by atomic mass is 9.99. The number of benzene rings is 1. The maximum Gasteiger partial charge on any atom is 0.321 e. The fourth-order valence-corrected chi connectivity index (χ4v) is 3.88. The highest BCUT2D eigenvalue weighted by molar-refractivity contribution is 5.89. The molecule has 0 bridgehead atoms. The summed E-state index contributed by atoms with van der Waals surface area (Å²) >= 11 is 0. The molecule has 2 heterocycles. The highest BCUT2D eigenvalue weighted by atomic mass is 16.5. The van der Waals surface area contributed by atoms with E-state index in [-0.39, 0.29) is 6.03 Å². The van der Waals surface area contributed by atoms with Crippen LogP contribution in [0.5, 0.6) is 0 Å². The number of anilines is 2. The van der Waals surface area contributed by atoms with Crippen LogP contribution in [0.25, 0.3) is 0 Å². The van der Waals surface area contributed by atoms with E-state index in [1.807, 2.05) is 29.2 Å². The molecule has 138 valence electrons. The number of amides is 2. The number of carbonyl (C=O) groups excluding carboxylic acids is 1. The Balaban J connectivity index is 1.52.